The summed E-state index contributed by atoms with van der Waals surface area (Å²) in [6.45, 7) is 2.53. The fourth-order valence-corrected chi connectivity index (χ4v) is 2.68. The predicted molar refractivity (Wildman–Crippen MR) is 72.9 cm³/mol. The Kier molecular flexibility index (Phi) is 4.84. The van der Waals surface area contributed by atoms with Gasteiger partial charge in [0.2, 0.25) is 16.9 Å². The lowest BCUT2D eigenvalue weighted by molar-refractivity contribution is -0.126. The molecule has 1 aliphatic rings. The molecule has 2 heterocycles. The largest absolute Gasteiger partial charge is 0.355 e. The summed E-state index contributed by atoms with van der Waals surface area (Å²) in [6, 6.07) is 0. The maximum atomic E-state index is 12.0. The van der Waals surface area contributed by atoms with Crippen LogP contribution in [-0.2, 0) is 16.0 Å². The zero-order valence-corrected chi connectivity index (χ0v) is 11.8. The second kappa shape index (κ2) is 6.60. The molecule has 6 nitrogen and oxygen atoms in total. The molecule has 7 heteroatoms. The van der Waals surface area contributed by atoms with Gasteiger partial charge in [-0.3, -0.25) is 9.59 Å². The Morgan fingerprint density at radius 3 is 3.05 bits per heavy atom. The van der Waals surface area contributed by atoms with Crippen LogP contribution >= 0.6 is 11.3 Å². The van der Waals surface area contributed by atoms with E-state index in [9.17, 15) is 9.59 Å². The van der Waals surface area contributed by atoms with Crippen molar-refractivity contribution in [3.8, 4) is 0 Å². The maximum Gasteiger partial charge on any atom is 0.231 e. The van der Waals surface area contributed by atoms with Gasteiger partial charge < -0.3 is 10.6 Å². The van der Waals surface area contributed by atoms with E-state index in [0.29, 0.717) is 24.5 Å². The lowest BCUT2D eigenvalue weighted by Gasteiger charge is -2.20. The number of hydrogen-bond donors (Lipinski definition) is 2. The molecule has 1 fully saturated rings. The number of aryl methyl sites for hydroxylation is 1. The number of aromatic nitrogens is 2. The summed E-state index contributed by atoms with van der Waals surface area (Å²) in [7, 11) is 0. The topological polar surface area (TPSA) is 84.0 Å². The number of nitrogens with one attached hydrogen (secondary N) is 2. The van der Waals surface area contributed by atoms with E-state index in [1.54, 1.807) is 0 Å². The Bertz CT molecular complexity index is 450. The third kappa shape index (κ3) is 3.99. The van der Waals surface area contributed by atoms with E-state index < -0.39 is 0 Å². The van der Waals surface area contributed by atoms with Gasteiger partial charge in [-0.15, -0.1) is 10.2 Å². The number of nitrogens with zero attached hydrogens (tertiary/aromatic N) is 2. The molecule has 1 aromatic rings. The first-order valence-corrected chi connectivity index (χ1v) is 7.40. The molecule has 1 aliphatic heterocycles. The van der Waals surface area contributed by atoms with Crippen LogP contribution in [0.3, 0.4) is 0 Å². The van der Waals surface area contributed by atoms with E-state index in [0.717, 1.165) is 24.3 Å². The van der Waals surface area contributed by atoms with Gasteiger partial charge in [0.05, 0.1) is 5.92 Å². The van der Waals surface area contributed by atoms with Crippen LogP contribution in [0.4, 0.5) is 5.13 Å². The molecule has 1 aromatic heterocycles. The van der Waals surface area contributed by atoms with E-state index in [4.69, 9.17) is 0 Å². The van der Waals surface area contributed by atoms with Crippen LogP contribution in [0.15, 0.2) is 0 Å². The highest BCUT2D eigenvalue weighted by Crippen LogP contribution is 2.19. The molecule has 1 saturated heterocycles. The lowest BCUT2D eigenvalue weighted by Crippen LogP contribution is -2.40. The van der Waals surface area contributed by atoms with Crippen molar-refractivity contribution in [1.29, 1.82) is 0 Å². The van der Waals surface area contributed by atoms with E-state index >= 15 is 0 Å². The summed E-state index contributed by atoms with van der Waals surface area (Å²) in [4.78, 5) is 23.0. The smallest absolute Gasteiger partial charge is 0.231 e. The minimum atomic E-state index is -0.166. The number of rotatable bonds is 5. The van der Waals surface area contributed by atoms with Crippen molar-refractivity contribution in [1.82, 2.24) is 15.5 Å². The van der Waals surface area contributed by atoms with Crippen LogP contribution in [0, 0.1) is 5.92 Å². The molecule has 1 atom stereocenters. The van der Waals surface area contributed by atoms with Crippen LogP contribution in [-0.4, -0.2) is 28.6 Å². The van der Waals surface area contributed by atoms with Crippen LogP contribution in [0.1, 0.15) is 37.6 Å². The number of hydrogen-bond acceptors (Lipinski definition) is 5. The van der Waals surface area contributed by atoms with Crippen LogP contribution in [0.25, 0.3) is 0 Å². The van der Waals surface area contributed by atoms with Crippen molar-refractivity contribution in [2.24, 2.45) is 5.92 Å². The summed E-state index contributed by atoms with van der Waals surface area (Å²) in [5.41, 5.74) is 0. The third-order valence-corrected chi connectivity index (χ3v) is 3.98. The molecular weight excluding hydrogens is 264 g/mol. The molecule has 19 heavy (non-hydrogen) atoms. The second-order valence-electron chi connectivity index (χ2n) is 4.63. The first-order chi connectivity index (χ1) is 9.19. The molecule has 2 amide bonds. The Morgan fingerprint density at radius 2 is 2.37 bits per heavy atom. The summed E-state index contributed by atoms with van der Waals surface area (Å²) < 4.78 is 0. The van der Waals surface area contributed by atoms with E-state index in [-0.39, 0.29) is 17.7 Å². The second-order valence-corrected chi connectivity index (χ2v) is 5.70. The van der Waals surface area contributed by atoms with Crippen LogP contribution in [0.5, 0.6) is 0 Å². The van der Waals surface area contributed by atoms with Crippen molar-refractivity contribution in [2.75, 3.05) is 11.9 Å². The van der Waals surface area contributed by atoms with E-state index in [1.165, 1.54) is 11.3 Å². The van der Waals surface area contributed by atoms with Crippen molar-refractivity contribution >= 4 is 28.3 Å². The minimum Gasteiger partial charge on any atom is -0.355 e. The van der Waals surface area contributed by atoms with Crippen molar-refractivity contribution < 1.29 is 9.59 Å². The van der Waals surface area contributed by atoms with E-state index in [2.05, 4.69) is 27.8 Å². The normalized spacial score (nSPS) is 19.0. The summed E-state index contributed by atoms with van der Waals surface area (Å²) >= 11 is 1.42. The molecule has 0 aliphatic carbocycles. The zero-order chi connectivity index (χ0) is 13.7. The van der Waals surface area contributed by atoms with Gasteiger partial charge in [-0.05, 0) is 12.8 Å². The molecule has 2 N–H and O–H groups in total. The van der Waals surface area contributed by atoms with Crippen LogP contribution < -0.4 is 10.6 Å². The van der Waals surface area contributed by atoms with Gasteiger partial charge in [0.1, 0.15) is 5.01 Å². The Morgan fingerprint density at radius 1 is 1.53 bits per heavy atom. The van der Waals surface area contributed by atoms with Crippen molar-refractivity contribution in [3.63, 3.8) is 0 Å². The standard InChI is InChI=1S/C12H18N4O2S/c1-2-3-4-10-15-16-12(19-10)14-11(18)8-5-6-9(17)13-7-8/h8H,2-7H2,1H3,(H,13,17)(H,14,16,18)/t8-/m1/s1. The van der Waals surface area contributed by atoms with Crippen molar-refractivity contribution in [2.45, 2.75) is 39.0 Å². The number of piperidine rings is 1. The number of amides is 2. The quantitative estimate of drug-likeness (QED) is 0.853. The molecule has 0 saturated carbocycles. The molecule has 2 rings (SSSR count). The highest BCUT2D eigenvalue weighted by atomic mass is 32.1. The summed E-state index contributed by atoms with van der Waals surface area (Å²) in [5, 5.41) is 15.0. The fraction of sp³-hybridized carbons (Fsp3) is 0.667. The molecule has 0 aromatic carbocycles. The minimum absolute atomic E-state index is 0.0156. The predicted octanol–water partition coefficient (Wildman–Crippen LogP) is 1.35. The summed E-state index contributed by atoms with van der Waals surface area (Å²) in [6.07, 6.45) is 4.11. The van der Waals surface area contributed by atoms with Gasteiger partial charge in [0.25, 0.3) is 0 Å². The maximum absolute atomic E-state index is 12.0. The number of unbranched alkanes of at least 4 members (excludes halogenated alkanes) is 1. The molecule has 0 unspecified atom stereocenters. The Hall–Kier alpha value is -1.50. The Balaban J connectivity index is 1.84. The number of anilines is 1. The highest BCUT2D eigenvalue weighted by Gasteiger charge is 2.25. The third-order valence-electron chi connectivity index (χ3n) is 3.08. The molecule has 0 bridgehead atoms. The van der Waals surface area contributed by atoms with Gasteiger partial charge in [0, 0.05) is 19.4 Å². The average Bonchev–Trinajstić information content (AvgIpc) is 2.84. The van der Waals surface area contributed by atoms with Crippen molar-refractivity contribution in [3.05, 3.63) is 5.01 Å². The monoisotopic (exact) mass is 282 g/mol. The summed E-state index contributed by atoms with van der Waals surface area (Å²) in [5.74, 6) is -0.235. The molecular formula is C12H18N4O2S. The van der Waals surface area contributed by atoms with Gasteiger partial charge in [-0.25, -0.2) is 0 Å². The number of carbonyl (C=O) groups is 2. The highest BCUT2D eigenvalue weighted by molar-refractivity contribution is 7.15. The van der Waals surface area contributed by atoms with Gasteiger partial charge in [-0.2, -0.15) is 0 Å². The SMILES string of the molecule is CCCCc1nnc(NC(=O)[C@@H]2CCC(=O)NC2)s1. The first-order valence-electron chi connectivity index (χ1n) is 6.59. The van der Waals surface area contributed by atoms with Crippen LogP contribution in [0.2, 0.25) is 0 Å². The molecule has 104 valence electrons. The average molecular weight is 282 g/mol. The Labute approximate surface area is 116 Å². The van der Waals surface area contributed by atoms with Gasteiger partial charge in [-0.1, -0.05) is 24.7 Å². The molecule has 0 spiro atoms. The molecule has 0 radical (unpaired) electrons. The lowest BCUT2D eigenvalue weighted by atomic mass is 9.98. The van der Waals surface area contributed by atoms with Gasteiger partial charge >= 0.3 is 0 Å². The van der Waals surface area contributed by atoms with Gasteiger partial charge in [0.15, 0.2) is 0 Å². The number of carbonyl (C=O) groups excluding carboxylic acids is 2. The first kappa shape index (κ1) is 13.9. The fourth-order valence-electron chi connectivity index (χ4n) is 1.90. The van der Waals surface area contributed by atoms with E-state index in [1.807, 2.05) is 0 Å². The zero-order valence-electron chi connectivity index (χ0n) is 10.9.